The van der Waals surface area contributed by atoms with Crippen LogP contribution in [0.15, 0.2) is 18.2 Å². The molecule has 0 fully saturated rings. The first-order valence-electron chi connectivity index (χ1n) is 6.67. The molecule has 0 spiro atoms. The highest BCUT2D eigenvalue weighted by Crippen LogP contribution is 2.18. The van der Waals surface area contributed by atoms with Gasteiger partial charge in [0.2, 0.25) is 0 Å². The predicted octanol–water partition coefficient (Wildman–Crippen LogP) is 2.01. The second-order valence-corrected chi connectivity index (χ2v) is 5.33. The summed E-state index contributed by atoms with van der Waals surface area (Å²) in [4.78, 5) is 10.5. The molecule has 4 N–H and O–H groups in total. The van der Waals surface area contributed by atoms with Crippen LogP contribution in [0.3, 0.4) is 0 Å². The van der Waals surface area contributed by atoms with Crippen molar-refractivity contribution in [1.82, 2.24) is 5.32 Å². The van der Waals surface area contributed by atoms with Gasteiger partial charge in [-0.15, -0.1) is 0 Å². The van der Waals surface area contributed by atoms with Crippen LogP contribution in [0.5, 0.6) is 0 Å². The Labute approximate surface area is 115 Å². The molecule has 0 aromatic heterocycles. The summed E-state index contributed by atoms with van der Waals surface area (Å²) < 4.78 is 0. The summed E-state index contributed by atoms with van der Waals surface area (Å²) in [5.41, 5.74) is 9.51. The molecule has 0 aliphatic rings. The highest BCUT2D eigenvalue weighted by Gasteiger charge is 2.08. The fourth-order valence-corrected chi connectivity index (χ4v) is 1.93. The van der Waals surface area contributed by atoms with E-state index in [1.54, 1.807) is 0 Å². The van der Waals surface area contributed by atoms with Crippen LogP contribution in [-0.2, 0) is 11.3 Å². The molecule has 19 heavy (non-hydrogen) atoms. The van der Waals surface area contributed by atoms with Crippen molar-refractivity contribution < 1.29 is 9.90 Å². The Kier molecular flexibility index (Phi) is 5.99. The van der Waals surface area contributed by atoms with E-state index < -0.39 is 5.97 Å². The normalized spacial score (nSPS) is 12.7. The van der Waals surface area contributed by atoms with Crippen LogP contribution in [0, 0.1) is 6.92 Å². The third-order valence-corrected chi connectivity index (χ3v) is 3.20. The summed E-state index contributed by atoms with van der Waals surface area (Å²) in [6, 6.07) is 6.14. The van der Waals surface area contributed by atoms with E-state index in [9.17, 15) is 4.79 Å². The first kappa shape index (κ1) is 15.7. The maximum absolute atomic E-state index is 10.5. The van der Waals surface area contributed by atoms with Gasteiger partial charge in [0.05, 0.1) is 6.42 Å². The lowest BCUT2D eigenvalue weighted by atomic mass is 9.98. The van der Waals surface area contributed by atoms with Gasteiger partial charge < -0.3 is 16.2 Å². The third kappa shape index (κ3) is 5.41. The summed E-state index contributed by atoms with van der Waals surface area (Å²) in [6.45, 7) is 7.66. The summed E-state index contributed by atoms with van der Waals surface area (Å²) >= 11 is 0. The Hall–Kier alpha value is -1.39. The molecule has 1 aromatic carbocycles. The van der Waals surface area contributed by atoms with Gasteiger partial charge in [-0.2, -0.15) is 0 Å². The zero-order valence-electron chi connectivity index (χ0n) is 11.9. The summed E-state index contributed by atoms with van der Waals surface area (Å²) in [5.74, 6) is -0.346. The van der Waals surface area contributed by atoms with E-state index in [1.165, 1.54) is 16.7 Å². The molecular weight excluding hydrogens is 240 g/mol. The molecule has 0 heterocycles. The van der Waals surface area contributed by atoms with E-state index in [2.05, 4.69) is 44.3 Å². The number of aliphatic carboxylic acids is 1. The van der Waals surface area contributed by atoms with Gasteiger partial charge in [-0.05, 0) is 29.5 Å². The number of carbonyl (C=O) groups is 1. The molecule has 106 valence electrons. The Morgan fingerprint density at radius 2 is 2.11 bits per heavy atom. The Bertz CT molecular complexity index is 430. The molecule has 1 rings (SSSR count). The van der Waals surface area contributed by atoms with Crippen molar-refractivity contribution in [1.29, 1.82) is 0 Å². The van der Waals surface area contributed by atoms with Gasteiger partial charge in [0.25, 0.3) is 0 Å². The van der Waals surface area contributed by atoms with E-state index in [1.807, 2.05) is 0 Å². The van der Waals surface area contributed by atoms with Crippen LogP contribution in [-0.4, -0.2) is 23.7 Å². The molecule has 0 aliphatic heterocycles. The van der Waals surface area contributed by atoms with E-state index in [4.69, 9.17) is 10.8 Å². The standard InChI is InChI=1S/C15H24N2O2/c1-10(2)12-5-4-11(3)13(6-12)8-17-9-14(16)7-15(18)19/h4-6,10,14,17H,7-9,16H2,1-3H3,(H,18,19). The maximum Gasteiger partial charge on any atom is 0.304 e. The fraction of sp³-hybridized carbons (Fsp3) is 0.533. The van der Waals surface area contributed by atoms with Crippen molar-refractivity contribution in [2.45, 2.75) is 45.7 Å². The zero-order chi connectivity index (χ0) is 14.4. The Morgan fingerprint density at radius 3 is 2.68 bits per heavy atom. The average Bonchev–Trinajstić information content (AvgIpc) is 2.30. The number of hydrogen-bond donors (Lipinski definition) is 3. The molecule has 0 saturated heterocycles. The van der Waals surface area contributed by atoms with Gasteiger partial charge in [0, 0.05) is 19.1 Å². The number of hydrogen-bond acceptors (Lipinski definition) is 3. The van der Waals surface area contributed by atoms with Crippen LogP contribution < -0.4 is 11.1 Å². The second kappa shape index (κ2) is 7.26. The van der Waals surface area contributed by atoms with Gasteiger partial charge >= 0.3 is 5.97 Å². The van der Waals surface area contributed by atoms with Crippen molar-refractivity contribution >= 4 is 5.97 Å². The van der Waals surface area contributed by atoms with Crippen LogP contribution in [0.25, 0.3) is 0 Å². The molecule has 0 aliphatic carbocycles. The van der Waals surface area contributed by atoms with Crippen molar-refractivity contribution in [3.8, 4) is 0 Å². The van der Waals surface area contributed by atoms with Crippen molar-refractivity contribution in [3.63, 3.8) is 0 Å². The van der Waals surface area contributed by atoms with Crippen molar-refractivity contribution in [2.24, 2.45) is 5.73 Å². The Morgan fingerprint density at radius 1 is 1.42 bits per heavy atom. The number of carboxylic acid groups (broad SMARTS) is 1. The minimum atomic E-state index is -0.854. The summed E-state index contributed by atoms with van der Waals surface area (Å²) in [7, 11) is 0. The van der Waals surface area contributed by atoms with Gasteiger partial charge in [0.1, 0.15) is 0 Å². The maximum atomic E-state index is 10.5. The first-order chi connectivity index (χ1) is 8.90. The molecule has 1 atom stereocenters. The molecule has 0 bridgehead atoms. The number of benzene rings is 1. The predicted molar refractivity (Wildman–Crippen MR) is 77.2 cm³/mol. The van der Waals surface area contributed by atoms with E-state index in [0.717, 1.165) is 6.54 Å². The minimum absolute atomic E-state index is 0.00197. The van der Waals surface area contributed by atoms with E-state index in [-0.39, 0.29) is 12.5 Å². The zero-order valence-corrected chi connectivity index (χ0v) is 11.9. The lowest BCUT2D eigenvalue weighted by Gasteiger charge is -2.14. The smallest absolute Gasteiger partial charge is 0.304 e. The molecule has 1 aromatic rings. The highest BCUT2D eigenvalue weighted by molar-refractivity contribution is 5.67. The number of nitrogens with two attached hydrogens (primary N) is 1. The van der Waals surface area contributed by atoms with Crippen LogP contribution >= 0.6 is 0 Å². The number of aryl methyl sites for hydroxylation is 1. The fourth-order valence-electron chi connectivity index (χ4n) is 1.93. The number of carboxylic acids is 1. The monoisotopic (exact) mass is 264 g/mol. The molecule has 4 heteroatoms. The third-order valence-electron chi connectivity index (χ3n) is 3.20. The van der Waals surface area contributed by atoms with Crippen LogP contribution in [0.1, 0.15) is 42.9 Å². The Balaban J connectivity index is 2.53. The number of nitrogens with one attached hydrogen (secondary N) is 1. The topological polar surface area (TPSA) is 75.3 Å². The first-order valence-corrected chi connectivity index (χ1v) is 6.67. The molecule has 4 nitrogen and oxygen atoms in total. The lowest BCUT2D eigenvalue weighted by molar-refractivity contribution is -0.137. The molecule has 0 amide bonds. The molecule has 1 unspecified atom stereocenters. The highest BCUT2D eigenvalue weighted by atomic mass is 16.4. The molecule has 0 saturated carbocycles. The van der Waals surface area contributed by atoms with Gasteiger partial charge in [-0.25, -0.2) is 0 Å². The van der Waals surface area contributed by atoms with Gasteiger partial charge in [-0.1, -0.05) is 32.0 Å². The number of rotatable bonds is 7. The van der Waals surface area contributed by atoms with Crippen molar-refractivity contribution in [3.05, 3.63) is 34.9 Å². The molecular formula is C15H24N2O2. The quantitative estimate of drug-likeness (QED) is 0.704. The largest absolute Gasteiger partial charge is 0.481 e. The van der Waals surface area contributed by atoms with Gasteiger partial charge in [-0.3, -0.25) is 4.79 Å². The average molecular weight is 264 g/mol. The van der Waals surface area contributed by atoms with Crippen LogP contribution in [0.2, 0.25) is 0 Å². The van der Waals surface area contributed by atoms with E-state index in [0.29, 0.717) is 12.5 Å². The SMILES string of the molecule is Cc1ccc(C(C)C)cc1CNCC(N)CC(=O)O. The van der Waals surface area contributed by atoms with Crippen LogP contribution in [0.4, 0.5) is 0 Å². The molecule has 0 radical (unpaired) electrons. The second-order valence-electron chi connectivity index (χ2n) is 5.33. The van der Waals surface area contributed by atoms with Gasteiger partial charge in [0.15, 0.2) is 0 Å². The van der Waals surface area contributed by atoms with E-state index >= 15 is 0 Å². The summed E-state index contributed by atoms with van der Waals surface area (Å²) in [6.07, 6.45) is -0.00197. The summed E-state index contributed by atoms with van der Waals surface area (Å²) in [5, 5.41) is 11.9. The van der Waals surface area contributed by atoms with Crippen molar-refractivity contribution in [2.75, 3.05) is 6.54 Å². The minimum Gasteiger partial charge on any atom is -0.481 e. The lowest BCUT2D eigenvalue weighted by Crippen LogP contribution is -2.35.